The number of aromatic nitrogens is 10. The first-order chi connectivity index (χ1) is 28.6. The lowest BCUT2D eigenvalue weighted by atomic mass is 10.1. The number of nitrogens with zero attached hydrogens (tertiary/aromatic N) is 10. The molecule has 59 heavy (non-hydrogen) atoms. The minimum atomic E-state index is -0.606. The van der Waals surface area contributed by atoms with Gasteiger partial charge in [0.2, 0.25) is 5.95 Å². The van der Waals surface area contributed by atoms with E-state index in [9.17, 15) is 24.5 Å². The van der Waals surface area contributed by atoms with E-state index >= 15 is 0 Å². The minimum absolute atomic E-state index is 0.0300. The molecule has 6 N–H and O–H groups in total. The Bertz CT molecular complexity index is 2690. The summed E-state index contributed by atoms with van der Waals surface area (Å²) in [7, 11) is 0. The van der Waals surface area contributed by atoms with Crippen LogP contribution in [-0.2, 0) is 4.74 Å². The van der Waals surface area contributed by atoms with Crippen molar-refractivity contribution in [3.8, 4) is 34.2 Å². The molecule has 0 aliphatic heterocycles. The molecule has 2 fully saturated rings. The van der Waals surface area contributed by atoms with Crippen molar-refractivity contribution < 1.29 is 24.0 Å². The van der Waals surface area contributed by atoms with Crippen LogP contribution >= 0.6 is 0 Å². The fraction of sp³-hybridized carbons (Fsp3) is 0.211. The van der Waals surface area contributed by atoms with E-state index in [0.29, 0.717) is 33.8 Å². The van der Waals surface area contributed by atoms with Crippen LogP contribution in [-0.4, -0.2) is 90.5 Å². The van der Waals surface area contributed by atoms with Gasteiger partial charge in [-0.05, 0) is 69.0 Å². The topological polar surface area (TPSA) is 282 Å². The van der Waals surface area contributed by atoms with Crippen molar-refractivity contribution in [1.82, 2.24) is 59.6 Å². The van der Waals surface area contributed by atoms with Gasteiger partial charge in [0.15, 0.2) is 11.6 Å². The highest BCUT2D eigenvalue weighted by Gasteiger charge is 2.27. The second-order valence-corrected chi connectivity index (χ2v) is 13.5. The predicted octanol–water partition coefficient (Wildman–Crippen LogP) is 4.38. The zero-order valence-electron chi connectivity index (χ0n) is 31.3. The molecule has 2 aliphatic rings. The quantitative estimate of drug-likeness (QED) is 0.0690. The van der Waals surface area contributed by atoms with Gasteiger partial charge in [-0.2, -0.15) is 0 Å². The number of aromatic amines is 1. The first-order valence-corrected chi connectivity index (χ1v) is 18.4. The Morgan fingerprint density at radius 3 is 1.86 bits per heavy atom. The molecule has 0 atom stereocenters. The second-order valence-electron chi connectivity index (χ2n) is 13.5. The van der Waals surface area contributed by atoms with E-state index < -0.39 is 11.0 Å². The largest absolute Gasteiger partial charge is 0.450 e. The van der Waals surface area contributed by atoms with Crippen LogP contribution in [0.5, 0.6) is 0 Å². The lowest BCUT2D eigenvalue weighted by molar-refractivity contribution is -0.383. The van der Waals surface area contributed by atoms with E-state index in [1.165, 1.54) is 24.8 Å². The molecule has 2 saturated carbocycles. The molecule has 2 aromatic carbocycles. The summed E-state index contributed by atoms with van der Waals surface area (Å²) in [6.45, 7) is 1.97. The maximum Gasteiger partial charge on any atom is 0.413 e. The zero-order chi connectivity index (χ0) is 41.0. The van der Waals surface area contributed by atoms with E-state index in [-0.39, 0.29) is 64.9 Å². The van der Waals surface area contributed by atoms with Crippen LogP contribution in [0.15, 0.2) is 86.2 Å². The number of amides is 3. The van der Waals surface area contributed by atoms with E-state index in [4.69, 9.17) is 10.5 Å². The lowest BCUT2D eigenvalue weighted by Gasteiger charge is -2.09. The van der Waals surface area contributed by atoms with E-state index in [2.05, 4.69) is 55.8 Å². The number of carbonyl (C=O) groups is 3. The molecule has 3 amide bonds. The van der Waals surface area contributed by atoms with Gasteiger partial charge in [-0.3, -0.25) is 25.0 Å². The van der Waals surface area contributed by atoms with Gasteiger partial charge in [0.25, 0.3) is 11.8 Å². The number of hydrogen-bond acceptors (Lipinski definition) is 14. The summed E-state index contributed by atoms with van der Waals surface area (Å²) >= 11 is 0. The highest BCUT2D eigenvalue weighted by Crippen LogP contribution is 2.35. The number of hydrogen-bond donors (Lipinski definition) is 5. The summed E-state index contributed by atoms with van der Waals surface area (Å²) in [4.78, 5) is 79.9. The Labute approximate surface area is 333 Å². The third-order valence-corrected chi connectivity index (χ3v) is 9.04. The summed E-state index contributed by atoms with van der Waals surface area (Å²) in [5, 5.41) is 19.8. The molecular formula is C38H35N15O6. The highest BCUT2D eigenvalue weighted by molar-refractivity contribution is 5.96. The smallest absolute Gasteiger partial charge is 0.413 e. The van der Waals surface area contributed by atoms with Crippen molar-refractivity contribution in [1.29, 1.82) is 0 Å². The number of nitro benzene ring substituents is 1. The minimum Gasteiger partial charge on any atom is -0.450 e. The Balaban J connectivity index is 0.000000167. The van der Waals surface area contributed by atoms with Crippen molar-refractivity contribution in [2.45, 2.75) is 44.7 Å². The normalized spacial score (nSPS) is 13.2. The first-order valence-electron chi connectivity index (χ1n) is 18.4. The SMILES string of the molecule is CCOC(=O)Nc1nc2c(-c3ncccn3)cc(-n3cnc(C(=O)NC4CC4)c3)cc2[nH]1.Nc1cc(-n2cnc(C(=O)NC3CC3)c2)cc(-c2ncccn2)c1[N+](=O)[O-]. The predicted molar refractivity (Wildman–Crippen MR) is 212 cm³/mol. The number of rotatable bonds is 11. The number of benzene rings is 2. The first kappa shape index (κ1) is 37.8. The number of nitro groups is 1. The van der Waals surface area contributed by atoms with E-state index in [1.54, 1.807) is 65.4 Å². The monoisotopic (exact) mass is 797 g/mol. The Morgan fingerprint density at radius 1 is 0.814 bits per heavy atom. The number of H-pyrrole nitrogens is 1. The van der Waals surface area contributed by atoms with Gasteiger partial charge >= 0.3 is 11.8 Å². The second kappa shape index (κ2) is 16.2. The Hall–Kier alpha value is -8.10. The molecule has 2 aliphatic carbocycles. The van der Waals surface area contributed by atoms with Crippen molar-refractivity contribution in [3.63, 3.8) is 0 Å². The number of nitrogens with one attached hydrogen (secondary N) is 4. The van der Waals surface area contributed by atoms with Crippen LogP contribution in [0.1, 0.15) is 53.6 Å². The number of nitrogen functional groups attached to an aromatic ring is 1. The molecule has 5 heterocycles. The lowest BCUT2D eigenvalue weighted by Crippen LogP contribution is -2.25. The number of ether oxygens (including phenoxy) is 1. The molecule has 0 radical (unpaired) electrons. The van der Waals surface area contributed by atoms with Crippen LogP contribution in [0.2, 0.25) is 0 Å². The van der Waals surface area contributed by atoms with Crippen LogP contribution in [0.25, 0.3) is 45.2 Å². The molecule has 0 spiro atoms. The molecule has 7 aromatic rings. The maximum atomic E-state index is 12.3. The summed E-state index contributed by atoms with van der Waals surface area (Å²) < 4.78 is 8.24. The zero-order valence-corrected chi connectivity index (χ0v) is 31.3. The fourth-order valence-corrected chi connectivity index (χ4v) is 5.92. The number of anilines is 2. The van der Waals surface area contributed by atoms with Gasteiger partial charge in [-0.15, -0.1) is 0 Å². The van der Waals surface area contributed by atoms with Crippen molar-refractivity contribution >= 4 is 46.3 Å². The number of carbonyl (C=O) groups excluding carboxylic acids is 3. The molecule has 298 valence electrons. The molecule has 9 rings (SSSR count). The van der Waals surface area contributed by atoms with Crippen LogP contribution in [0.3, 0.4) is 0 Å². The molecule has 21 heteroatoms. The molecular weight excluding hydrogens is 763 g/mol. The molecule has 0 bridgehead atoms. The van der Waals surface area contributed by atoms with E-state index in [0.717, 1.165) is 31.4 Å². The molecule has 0 unspecified atom stereocenters. The molecule has 0 saturated heterocycles. The summed E-state index contributed by atoms with van der Waals surface area (Å²) in [6, 6.07) is 10.5. The number of fused-ring (bicyclic) bond motifs is 1. The molecule has 21 nitrogen and oxygen atoms in total. The van der Waals surface area contributed by atoms with Crippen molar-refractivity contribution in [2.75, 3.05) is 17.7 Å². The fourth-order valence-electron chi connectivity index (χ4n) is 5.92. The Morgan fingerprint density at radius 2 is 1.34 bits per heavy atom. The van der Waals surface area contributed by atoms with Gasteiger partial charge in [0.1, 0.15) is 40.8 Å². The van der Waals surface area contributed by atoms with Gasteiger partial charge in [0, 0.05) is 66.2 Å². The summed E-state index contributed by atoms with van der Waals surface area (Å²) in [5.41, 5.74) is 9.54. The van der Waals surface area contributed by atoms with E-state index in [1.807, 2.05) is 12.1 Å². The van der Waals surface area contributed by atoms with Crippen LogP contribution in [0.4, 0.5) is 22.1 Å². The number of imidazole rings is 3. The van der Waals surface area contributed by atoms with Gasteiger partial charge in [-0.25, -0.2) is 39.7 Å². The average Bonchev–Trinajstić information content (AvgIpc) is 4.05. The highest BCUT2D eigenvalue weighted by atomic mass is 16.6. The standard InChI is InChI=1S/C21H20N8O3.C17H15N7O3/c1-2-32-21(31)28-20-26-15-9-13(8-14(17(15)27-20)18-22-6-3-7-23-18)29-10-16(24-11-29)19(30)25-12-4-5-12;18-13-7-11(23-8-14(21-9-23)17(25)22-10-2-3-10)6-12(15(13)24(26)27)16-19-4-1-5-20-16/h3,6-12H,2,4-5H2,1H3,(H,25,30)(H2,26,27,28,31);1,4-10H,2-3,18H2,(H,22,25). The van der Waals surface area contributed by atoms with Gasteiger partial charge in [-0.1, -0.05) is 0 Å². The third kappa shape index (κ3) is 8.67. The summed E-state index contributed by atoms with van der Waals surface area (Å²) in [5.74, 6) is 0.451. The van der Waals surface area contributed by atoms with Crippen molar-refractivity contribution in [3.05, 3.63) is 108 Å². The van der Waals surface area contributed by atoms with Gasteiger partial charge < -0.3 is 35.2 Å². The molecule has 5 aromatic heterocycles. The van der Waals surface area contributed by atoms with Crippen LogP contribution in [0, 0.1) is 10.1 Å². The Kier molecular flexibility index (Phi) is 10.4. The maximum absolute atomic E-state index is 12.3. The van der Waals surface area contributed by atoms with Crippen LogP contribution < -0.4 is 21.7 Å². The third-order valence-electron chi connectivity index (χ3n) is 9.04. The average molecular weight is 798 g/mol. The van der Waals surface area contributed by atoms with Gasteiger partial charge in [0.05, 0.1) is 17.0 Å². The van der Waals surface area contributed by atoms with Crippen molar-refractivity contribution in [2.24, 2.45) is 0 Å². The summed E-state index contributed by atoms with van der Waals surface area (Å²) in [6.07, 6.45) is 15.9. The number of nitrogens with two attached hydrogens (primary N) is 1.